The summed E-state index contributed by atoms with van der Waals surface area (Å²) in [5, 5.41) is 10.6. The van der Waals surface area contributed by atoms with Crippen LogP contribution in [0.25, 0.3) is 0 Å². The Hall–Kier alpha value is -1.94. The van der Waals surface area contributed by atoms with Gasteiger partial charge in [-0.1, -0.05) is 299 Å². The molecule has 534 valence electrons. The number of aliphatic hydroxyl groups is 1. The van der Waals surface area contributed by atoms with Gasteiger partial charge in [0.1, 0.15) is 19.3 Å². The quantitative estimate of drug-likeness (QED) is 0.0222. The fraction of sp³-hybridized carbons (Fsp3) is 0.944. The normalized spacial score (nSPS) is 14.9. The van der Waals surface area contributed by atoms with E-state index in [0.29, 0.717) is 25.7 Å². The van der Waals surface area contributed by atoms with E-state index in [9.17, 15) is 43.2 Å². The van der Waals surface area contributed by atoms with Gasteiger partial charge in [0.2, 0.25) is 0 Å². The Bertz CT molecular complexity index is 1790. The van der Waals surface area contributed by atoms with Crippen molar-refractivity contribution in [3.05, 3.63) is 0 Å². The summed E-state index contributed by atoms with van der Waals surface area (Å²) in [6.07, 6.45) is 43.1. The average molecular weight is 1330 g/mol. The molecule has 19 heteroatoms. The van der Waals surface area contributed by atoms with Crippen LogP contribution in [0, 0.1) is 23.7 Å². The average Bonchev–Trinajstić information content (AvgIpc) is 3.31. The maximum absolute atomic E-state index is 13.0. The third kappa shape index (κ3) is 62.2. The smallest absolute Gasteiger partial charge is 0.462 e. The molecule has 0 aromatic carbocycles. The van der Waals surface area contributed by atoms with Crippen LogP contribution in [-0.4, -0.2) is 96.7 Å². The van der Waals surface area contributed by atoms with Crippen LogP contribution in [0.4, 0.5) is 0 Å². The number of ether oxygens (including phenoxy) is 4. The number of hydrogen-bond donors (Lipinski definition) is 3. The summed E-state index contributed by atoms with van der Waals surface area (Å²) in [5.74, 6) is 0.886. The highest BCUT2D eigenvalue weighted by atomic mass is 31.2. The van der Waals surface area contributed by atoms with E-state index in [2.05, 4.69) is 55.4 Å². The van der Waals surface area contributed by atoms with Gasteiger partial charge in [0.25, 0.3) is 0 Å². The largest absolute Gasteiger partial charge is 0.472 e. The zero-order valence-corrected chi connectivity index (χ0v) is 60.6. The molecule has 90 heavy (non-hydrogen) atoms. The standard InChI is InChI=1S/C71H138O17P2/c1-9-63(7)49-41-33-25-20-22-28-38-46-54-71(76)88-67(58-82-69(74)52-44-36-30-29-34-42-50-64(8)10-2)60-86-90(79,80)84-56-65(72)55-83-89(77,78)85-59-66(87-70(75)53-45-37-27-21-19-24-32-40-48-62(5)6)57-81-68(73)51-43-35-26-18-16-14-12-11-13-15-17-23-31-39-47-61(3)4/h61-67,72H,9-60H2,1-8H3,(H,77,78)(H,79,80)/t63?,64?,65-,66-,67-/m1/s1. The van der Waals surface area contributed by atoms with Crippen LogP contribution in [0.3, 0.4) is 0 Å². The molecule has 0 amide bonds. The molecule has 0 spiro atoms. The Balaban J connectivity index is 5.23. The van der Waals surface area contributed by atoms with Crippen molar-refractivity contribution in [3.63, 3.8) is 0 Å². The number of phosphoric ester groups is 2. The van der Waals surface area contributed by atoms with Gasteiger partial charge in [-0.25, -0.2) is 9.13 Å². The van der Waals surface area contributed by atoms with Crippen LogP contribution in [0.15, 0.2) is 0 Å². The highest BCUT2D eigenvalue weighted by Gasteiger charge is 2.30. The Labute approximate surface area is 549 Å². The van der Waals surface area contributed by atoms with Gasteiger partial charge < -0.3 is 33.8 Å². The van der Waals surface area contributed by atoms with E-state index in [-0.39, 0.29) is 25.7 Å². The molecule has 17 nitrogen and oxygen atoms in total. The molecule has 4 unspecified atom stereocenters. The lowest BCUT2D eigenvalue weighted by Crippen LogP contribution is -2.30. The van der Waals surface area contributed by atoms with Crippen molar-refractivity contribution >= 4 is 39.5 Å². The van der Waals surface area contributed by atoms with E-state index in [1.54, 1.807) is 0 Å². The molecule has 0 rings (SSSR count). The van der Waals surface area contributed by atoms with Gasteiger partial charge in [-0.2, -0.15) is 0 Å². The van der Waals surface area contributed by atoms with E-state index in [1.165, 1.54) is 148 Å². The molecule has 3 N–H and O–H groups in total. The number of hydrogen-bond acceptors (Lipinski definition) is 15. The first-order chi connectivity index (χ1) is 43.2. The van der Waals surface area contributed by atoms with Crippen molar-refractivity contribution in [2.75, 3.05) is 39.6 Å². The lowest BCUT2D eigenvalue weighted by molar-refractivity contribution is -0.161. The minimum Gasteiger partial charge on any atom is -0.462 e. The first kappa shape index (κ1) is 88.1. The van der Waals surface area contributed by atoms with E-state index < -0.39 is 97.5 Å². The Morgan fingerprint density at radius 3 is 0.789 bits per heavy atom. The SMILES string of the molecule is CCC(C)CCCCCCCCCCC(=O)O[C@H](COC(=O)CCCCCCCCC(C)CC)COP(=O)(O)OC[C@H](O)COP(=O)(O)OC[C@@H](COC(=O)CCCCCCCCCCCCCCCCC(C)C)OC(=O)CCCCCCCCCCC(C)C. The molecule has 0 aromatic rings. The summed E-state index contributed by atoms with van der Waals surface area (Å²) in [6.45, 7) is 14.1. The first-order valence-electron chi connectivity index (χ1n) is 36.8. The van der Waals surface area contributed by atoms with E-state index in [1.807, 2.05) is 0 Å². The van der Waals surface area contributed by atoms with Gasteiger partial charge in [0, 0.05) is 25.7 Å². The molecule has 0 aliphatic carbocycles. The zero-order chi connectivity index (χ0) is 66.8. The third-order valence-electron chi connectivity index (χ3n) is 17.0. The number of unbranched alkanes of at least 4 members (excludes halogenated alkanes) is 32. The predicted molar refractivity (Wildman–Crippen MR) is 363 cm³/mol. The minimum atomic E-state index is -4.95. The number of phosphoric acid groups is 2. The van der Waals surface area contributed by atoms with Crippen LogP contribution in [-0.2, 0) is 65.4 Å². The fourth-order valence-corrected chi connectivity index (χ4v) is 12.2. The molecule has 0 bridgehead atoms. The highest BCUT2D eigenvalue weighted by molar-refractivity contribution is 7.47. The van der Waals surface area contributed by atoms with Crippen LogP contribution >= 0.6 is 15.6 Å². The van der Waals surface area contributed by atoms with Crippen molar-refractivity contribution in [3.8, 4) is 0 Å². The lowest BCUT2D eigenvalue weighted by Gasteiger charge is -2.21. The Morgan fingerprint density at radius 2 is 0.533 bits per heavy atom. The van der Waals surface area contributed by atoms with Crippen molar-refractivity contribution in [1.29, 1.82) is 0 Å². The van der Waals surface area contributed by atoms with Crippen LogP contribution in [0.1, 0.15) is 351 Å². The van der Waals surface area contributed by atoms with E-state index in [0.717, 1.165) is 120 Å². The monoisotopic (exact) mass is 1320 g/mol. The Morgan fingerprint density at radius 1 is 0.311 bits per heavy atom. The number of esters is 4. The van der Waals surface area contributed by atoms with Gasteiger partial charge >= 0.3 is 39.5 Å². The number of carbonyl (C=O) groups is 4. The summed E-state index contributed by atoms with van der Waals surface area (Å²) in [6, 6.07) is 0. The summed E-state index contributed by atoms with van der Waals surface area (Å²) in [7, 11) is -9.90. The predicted octanol–water partition coefficient (Wildman–Crippen LogP) is 20.1. The van der Waals surface area contributed by atoms with Crippen molar-refractivity contribution in [1.82, 2.24) is 0 Å². The van der Waals surface area contributed by atoms with Crippen LogP contribution in [0.5, 0.6) is 0 Å². The second-order valence-electron chi connectivity index (χ2n) is 27.1. The molecule has 7 atom stereocenters. The molecule has 0 aliphatic rings. The summed E-state index contributed by atoms with van der Waals surface area (Å²) in [5.41, 5.74) is 0. The molecule has 0 heterocycles. The second kappa shape index (κ2) is 60.7. The van der Waals surface area contributed by atoms with Crippen molar-refractivity contribution < 1.29 is 80.2 Å². The second-order valence-corrected chi connectivity index (χ2v) is 30.0. The van der Waals surface area contributed by atoms with E-state index in [4.69, 9.17) is 37.0 Å². The summed E-state index contributed by atoms with van der Waals surface area (Å²) >= 11 is 0. The maximum Gasteiger partial charge on any atom is 0.472 e. The Kier molecular flexibility index (Phi) is 59.4. The maximum atomic E-state index is 13.0. The van der Waals surface area contributed by atoms with Crippen molar-refractivity contribution in [2.45, 2.75) is 369 Å². The lowest BCUT2D eigenvalue weighted by atomic mass is 9.99. The molecule has 0 radical (unpaired) electrons. The highest BCUT2D eigenvalue weighted by Crippen LogP contribution is 2.45. The van der Waals surface area contributed by atoms with Crippen LogP contribution in [0.2, 0.25) is 0 Å². The van der Waals surface area contributed by atoms with Gasteiger partial charge in [-0.3, -0.25) is 37.3 Å². The molecule has 0 saturated carbocycles. The molecular weight excluding hydrogens is 1190 g/mol. The minimum absolute atomic E-state index is 0.104. The van der Waals surface area contributed by atoms with E-state index >= 15 is 0 Å². The third-order valence-corrected chi connectivity index (χ3v) is 18.9. The summed E-state index contributed by atoms with van der Waals surface area (Å²) < 4.78 is 68.3. The number of aliphatic hydroxyl groups excluding tert-OH is 1. The van der Waals surface area contributed by atoms with Gasteiger partial charge in [-0.15, -0.1) is 0 Å². The van der Waals surface area contributed by atoms with Crippen LogP contribution < -0.4 is 0 Å². The van der Waals surface area contributed by atoms with Crippen molar-refractivity contribution in [2.24, 2.45) is 23.7 Å². The summed E-state index contributed by atoms with van der Waals surface area (Å²) in [4.78, 5) is 72.6. The topological polar surface area (TPSA) is 237 Å². The molecule has 0 saturated heterocycles. The molecule has 0 aliphatic heterocycles. The molecule has 0 aromatic heterocycles. The number of rotatable bonds is 68. The van der Waals surface area contributed by atoms with Gasteiger partial charge in [0.05, 0.1) is 26.4 Å². The fourth-order valence-electron chi connectivity index (χ4n) is 10.6. The molecule has 0 fully saturated rings. The molecular formula is C71H138O17P2. The van der Waals surface area contributed by atoms with Gasteiger partial charge in [0.15, 0.2) is 12.2 Å². The number of carbonyl (C=O) groups excluding carboxylic acids is 4. The zero-order valence-electron chi connectivity index (χ0n) is 58.8. The van der Waals surface area contributed by atoms with Gasteiger partial charge in [-0.05, 0) is 49.4 Å². The first-order valence-corrected chi connectivity index (χ1v) is 39.8.